The Kier molecular flexibility index (Phi) is 4.47. The van der Waals surface area contributed by atoms with E-state index < -0.39 is 12.1 Å². The first-order valence-electron chi connectivity index (χ1n) is 7.34. The van der Waals surface area contributed by atoms with Crippen molar-refractivity contribution in [2.45, 2.75) is 6.10 Å². The van der Waals surface area contributed by atoms with Gasteiger partial charge in [-0.3, -0.25) is 4.79 Å². The molecule has 1 amide bonds. The van der Waals surface area contributed by atoms with Gasteiger partial charge in [-0.25, -0.2) is 4.79 Å². The highest BCUT2D eigenvalue weighted by Gasteiger charge is 2.27. The molecule has 0 spiro atoms. The number of aliphatic carboxylic acids is 1. The Bertz CT molecular complexity index is 641. The number of nitrogens with zero attached hydrogens (tertiary/aromatic N) is 1. The normalized spacial score (nSPS) is 20.5. The molecule has 1 saturated heterocycles. The molecule has 1 aromatic carbocycles. The number of carbonyl (C=O) groups is 2. The number of fused-ring (bicyclic) bond motifs is 1. The van der Waals surface area contributed by atoms with Crippen molar-refractivity contribution in [1.29, 1.82) is 0 Å². The molecule has 0 saturated carbocycles. The number of hydrogen-bond acceptors (Lipinski definition) is 5. The Morgan fingerprint density at radius 3 is 2.74 bits per heavy atom. The van der Waals surface area contributed by atoms with Gasteiger partial charge < -0.3 is 24.2 Å². The van der Waals surface area contributed by atoms with Gasteiger partial charge in [0.05, 0.1) is 13.2 Å². The highest BCUT2D eigenvalue weighted by Crippen LogP contribution is 2.31. The van der Waals surface area contributed by atoms with Gasteiger partial charge in [-0.15, -0.1) is 0 Å². The lowest BCUT2D eigenvalue weighted by Gasteiger charge is -2.30. The van der Waals surface area contributed by atoms with Crippen molar-refractivity contribution < 1.29 is 28.9 Å². The van der Waals surface area contributed by atoms with E-state index in [4.69, 9.17) is 19.3 Å². The van der Waals surface area contributed by atoms with E-state index in [0.29, 0.717) is 31.3 Å². The topological polar surface area (TPSA) is 85.3 Å². The molecule has 7 heteroatoms. The molecule has 0 aromatic heterocycles. The zero-order valence-electron chi connectivity index (χ0n) is 12.4. The van der Waals surface area contributed by atoms with Crippen LogP contribution in [0.25, 0.3) is 6.08 Å². The molecule has 1 fully saturated rings. The summed E-state index contributed by atoms with van der Waals surface area (Å²) in [6, 6.07) is 5.43. The number of carbonyl (C=O) groups excluding carboxylic acids is 1. The molecular weight excluding hydrogens is 302 g/mol. The van der Waals surface area contributed by atoms with Crippen molar-refractivity contribution >= 4 is 18.0 Å². The van der Waals surface area contributed by atoms with Gasteiger partial charge in [-0.2, -0.15) is 0 Å². The van der Waals surface area contributed by atoms with Crippen LogP contribution >= 0.6 is 0 Å². The lowest BCUT2D eigenvalue weighted by Crippen LogP contribution is -2.48. The summed E-state index contributed by atoms with van der Waals surface area (Å²) in [5.41, 5.74) is 0.811. The average Bonchev–Trinajstić information content (AvgIpc) is 2.59. The van der Waals surface area contributed by atoms with Gasteiger partial charge >= 0.3 is 5.97 Å². The van der Waals surface area contributed by atoms with E-state index in [0.717, 1.165) is 5.56 Å². The van der Waals surface area contributed by atoms with Gasteiger partial charge in [-0.05, 0) is 23.8 Å². The van der Waals surface area contributed by atoms with Crippen molar-refractivity contribution in [3.8, 4) is 11.5 Å². The maximum absolute atomic E-state index is 12.2. The van der Waals surface area contributed by atoms with Crippen LogP contribution < -0.4 is 9.47 Å². The molecule has 0 radical (unpaired) electrons. The van der Waals surface area contributed by atoms with Crippen LogP contribution in [0.5, 0.6) is 11.5 Å². The molecule has 122 valence electrons. The van der Waals surface area contributed by atoms with Crippen LogP contribution in [0.2, 0.25) is 0 Å². The quantitative estimate of drug-likeness (QED) is 0.829. The lowest BCUT2D eigenvalue weighted by molar-refractivity contribution is -0.158. The average molecular weight is 319 g/mol. The molecule has 1 aromatic rings. The lowest BCUT2D eigenvalue weighted by atomic mass is 10.1. The largest absolute Gasteiger partial charge is 0.486 e. The van der Waals surface area contributed by atoms with E-state index >= 15 is 0 Å². The summed E-state index contributed by atoms with van der Waals surface area (Å²) in [4.78, 5) is 24.6. The van der Waals surface area contributed by atoms with Crippen molar-refractivity contribution in [3.63, 3.8) is 0 Å². The first-order valence-corrected chi connectivity index (χ1v) is 7.34. The van der Waals surface area contributed by atoms with Crippen LogP contribution in [0.15, 0.2) is 24.3 Å². The molecule has 3 rings (SSSR count). The molecular formula is C16H17NO6. The maximum Gasteiger partial charge on any atom is 0.334 e. The second-order valence-corrected chi connectivity index (χ2v) is 5.22. The van der Waals surface area contributed by atoms with Crippen LogP contribution in [0, 0.1) is 0 Å². The maximum atomic E-state index is 12.2. The molecule has 1 unspecified atom stereocenters. The second-order valence-electron chi connectivity index (χ2n) is 5.22. The number of carboxylic acids is 1. The van der Waals surface area contributed by atoms with Gasteiger partial charge in [-0.1, -0.05) is 6.07 Å². The third kappa shape index (κ3) is 3.62. The van der Waals surface area contributed by atoms with E-state index in [1.807, 2.05) is 6.07 Å². The number of benzene rings is 1. The molecule has 0 bridgehead atoms. The van der Waals surface area contributed by atoms with E-state index in [-0.39, 0.29) is 19.1 Å². The number of rotatable bonds is 3. The molecule has 1 atom stereocenters. The summed E-state index contributed by atoms with van der Waals surface area (Å²) in [6.45, 7) is 1.69. The fourth-order valence-electron chi connectivity index (χ4n) is 2.44. The molecule has 23 heavy (non-hydrogen) atoms. The third-order valence-corrected chi connectivity index (χ3v) is 3.64. The number of carboxylic acid groups (broad SMARTS) is 1. The van der Waals surface area contributed by atoms with Gasteiger partial charge in [0.2, 0.25) is 5.91 Å². The zero-order valence-corrected chi connectivity index (χ0v) is 12.4. The smallest absolute Gasteiger partial charge is 0.334 e. The van der Waals surface area contributed by atoms with E-state index in [1.54, 1.807) is 18.2 Å². The SMILES string of the molecule is O=C(O)C1CN(C(=O)C=Cc2ccc3c(c2)OCCO3)CCO1. The van der Waals surface area contributed by atoms with Gasteiger partial charge in [0, 0.05) is 12.6 Å². The van der Waals surface area contributed by atoms with Crippen LogP contribution in [-0.2, 0) is 14.3 Å². The Morgan fingerprint density at radius 1 is 1.17 bits per heavy atom. The highest BCUT2D eigenvalue weighted by molar-refractivity contribution is 5.92. The Balaban J connectivity index is 1.65. The Morgan fingerprint density at radius 2 is 1.96 bits per heavy atom. The monoisotopic (exact) mass is 319 g/mol. The standard InChI is InChI=1S/C16H17NO6/c18-15(17-5-6-21-14(10-17)16(19)20)4-2-11-1-3-12-13(9-11)23-8-7-22-12/h1-4,9,14H,5-8,10H2,(H,19,20). The van der Waals surface area contributed by atoms with Gasteiger partial charge in [0.25, 0.3) is 0 Å². The fourth-order valence-corrected chi connectivity index (χ4v) is 2.44. The summed E-state index contributed by atoms with van der Waals surface area (Å²) in [5, 5.41) is 8.95. The predicted octanol–water partition coefficient (Wildman–Crippen LogP) is 0.783. The highest BCUT2D eigenvalue weighted by atomic mass is 16.6. The molecule has 2 aliphatic heterocycles. The number of amides is 1. The summed E-state index contributed by atoms with van der Waals surface area (Å²) >= 11 is 0. The van der Waals surface area contributed by atoms with Crippen molar-refractivity contribution in [2.75, 3.05) is 32.9 Å². The molecule has 1 N–H and O–H groups in total. The van der Waals surface area contributed by atoms with Gasteiger partial charge in [0.1, 0.15) is 13.2 Å². The van der Waals surface area contributed by atoms with E-state index in [2.05, 4.69) is 0 Å². The molecule has 2 heterocycles. The summed E-state index contributed by atoms with van der Waals surface area (Å²) in [6.07, 6.45) is 2.14. The van der Waals surface area contributed by atoms with Crippen LogP contribution in [0.3, 0.4) is 0 Å². The molecule has 2 aliphatic rings. The molecule has 0 aliphatic carbocycles. The fraction of sp³-hybridized carbons (Fsp3) is 0.375. The first kappa shape index (κ1) is 15.4. The van der Waals surface area contributed by atoms with E-state index in [1.165, 1.54) is 11.0 Å². The van der Waals surface area contributed by atoms with Crippen molar-refractivity contribution in [1.82, 2.24) is 4.90 Å². The number of morpholine rings is 1. The Hall–Kier alpha value is -2.54. The predicted molar refractivity (Wildman–Crippen MR) is 80.4 cm³/mol. The van der Waals surface area contributed by atoms with Crippen LogP contribution in [0.4, 0.5) is 0 Å². The van der Waals surface area contributed by atoms with Crippen molar-refractivity contribution in [2.24, 2.45) is 0 Å². The van der Waals surface area contributed by atoms with Crippen LogP contribution in [0.1, 0.15) is 5.56 Å². The Labute approximate surface area is 133 Å². The molecule has 7 nitrogen and oxygen atoms in total. The first-order chi connectivity index (χ1) is 11.1. The minimum absolute atomic E-state index is 0.0552. The number of ether oxygens (including phenoxy) is 3. The summed E-state index contributed by atoms with van der Waals surface area (Å²) in [7, 11) is 0. The second kappa shape index (κ2) is 6.70. The van der Waals surface area contributed by atoms with Crippen LogP contribution in [-0.4, -0.2) is 60.9 Å². The minimum atomic E-state index is -1.06. The minimum Gasteiger partial charge on any atom is -0.486 e. The summed E-state index contributed by atoms with van der Waals surface area (Å²) in [5.74, 6) is 0.0492. The van der Waals surface area contributed by atoms with Gasteiger partial charge in [0.15, 0.2) is 17.6 Å². The zero-order chi connectivity index (χ0) is 16.2. The van der Waals surface area contributed by atoms with E-state index in [9.17, 15) is 9.59 Å². The van der Waals surface area contributed by atoms with Crippen molar-refractivity contribution in [3.05, 3.63) is 29.8 Å². The number of hydrogen-bond donors (Lipinski definition) is 1. The third-order valence-electron chi connectivity index (χ3n) is 3.64. The summed E-state index contributed by atoms with van der Waals surface area (Å²) < 4.78 is 16.0.